The number of aryl methyl sites for hydroxylation is 2. The topological polar surface area (TPSA) is 35.2 Å². The van der Waals surface area contributed by atoms with E-state index in [-0.39, 0.29) is 0 Å². The first-order valence-electron chi connectivity index (χ1n) is 6.14. The van der Waals surface area contributed by atoms with E-state index in [2.05, 4.69) is 39.0 Å². The van der Waals surface area contributed by atoms with Crippen molar-refractivity contribution >= 4 is 11.8 Å². The van der Waals surface area contributed by atoms with E-state index in [0.717, 1.165) is 31.1 Å². The molecule has 0 aliphatic carbocycles. The third kappa shape index (κ3) is 5.99. The highest BCUT2D eigenvalue weighted by Gasteiger charge is 2.01. The van der Waals surface area contributed by atoms with Gasteiger partial charge in [-0.25, -0.2) is 0 Å². The summed E-state index contributed by atoms with van der Waals surface area (Å²) in [6.45, 7) is 7.94. The summed E-state index contributed by atoms with van der Waals surface area (Å²) in [6, 6.07) is 6.33. The minimum absolute atomic E-state index is 0.628. The molecule has 0 saturated heterocycles. The van der Waals surface area contributed by atoms with Crippen LogP contribution in [0.4, 0.5) is 0 Å². The van der Waals surface area contributed by atoms with E-state index >= 15 is 0 Å². The van der Waals surface area contributed by atoms with Gasteiger partial charge in [-0.15, -0.1) is 0 Å². The van der Waals surface area contributed by atoms with Gasteiger partial charge in [-0.05, 0) is 50.1 Å². The molecule has 0 aliphatic rings. The third-order valence-corrected chi connectivity index (χ3v) is 3.73. The monoisotopic (exact) mass is 253 g/mol. The Morgan fingerprint density at radius 1 is 1.24 bits per heavy atom. The number of benzene rings is 1. The van der Waals surface area contributed by atoms with E-state index in [9.17, 15) is 0 Å². The van der Waals surface area contributed by atoms with Crippen molar-refractivity contribution in [2.75, 3.05) is 18.9 Å². The van der Waals surface area contributed by atoms with Gasteiger partial charge < -0.3 is 10.5 Å². The molecule has 0 aromatic heterocycles. The second kappa shape index (κ2) is 7.62. The van der Waals surface area contributed by atoms with Crippen LogP contribution in [0.2, 0.25) is 0 Å². The number of hydrogen-bond acceptors (Lipinski definition) is 3. The molecule has 0 radical (unpaired) electrons. The summed E-state index contributed by atoms with van der Waals surface area (Å²) in [4.78, 5) is 0. The Morgan fingerprint density at radius 3 is 2.47 bits per heavy atom. The lowest BCUT2D eigenvalue weighted by Gasteiger charge is -2.11. The quantitative estimate of drug-likeness (QED) is 0.758. The van der Waals surface area contributed by atoms with Gasteiger partial charge in [0.15, 0.2) is 0 Å². The molecular formula is C14H23NOS. The minimum Gasteiger partial charge on any atom is -0.493 e. The fourth-order valence-electron chi connectivity index (χ4n) is 1.74. The molecule has 17 heavy (non-hydrogen) atoms. The van der Waals surface area contributed by atoms with Crippen molar-refractivity contribution < 1.29 is 4.74 Å². The van der Waals surface area contributed by atoms with Gasteiger partial charge >= 0.3 is 0 Å². The Morgan fingerprint density at radius 2 is 1.88 bits per heavy atom. The zero-order chi connectivity index (χ0) is 12.7. The fraction of sp³-hybridized carbons (Fsp3) is 0.571. The van der Waals surface area contributed by atoms with Crippen LogP contribution in [0.25, 0.3) is 0 Å². The molecule has 0 saturated carbocycles. The van der Waals surface area contributed by atoms with Crippen LogP contribution >= 0.6 is 11.8 Å². The standard InChI is InChI=1S/C14H23NOS/c1-11-8-12(2)10-14(9-11)16-6-7-17-13(3)4-5-15/h8-10,13H,4-7,15H2,1-3H3. The Labute approximate surface area is 109 Å². The van der Waals surface area contributed by atoms with Gasteiger partial charge in [-0.3, -0.25) is 0 Å². The number of rotatable bonds is 7. The molecule has 0 spiro atoms. The Balaban J connectivity index is 2.26. The molecule has 0 aliphatic heterocycles. The smallest absolute Gasteiger partial charge is 0.119 e. The summed E-state index contributed by atoms with van der Waals surface area (Å²) in [6.07, 6.45) is 1.08. The van der Waals surface area contributed by atoms with Gasteiger partial charge in [0.25, 0.3) is 0 Å². The Bertz CT molecular complexity index is 321. The molecule has 0 heterocycles. The molecular weight excluding hydrogens is 230 g/mol. The van der Waals surface area contributed by atoms with Crippen LogP contribution in [0.3, 0.4) is 0 Å². The molecule has 1 rings (SSSR count). The SMILES string of the molecule is Cc1cc(C)cc(OCCSC(C)CCN)c1. The highest BCUT2D eigenvalue weighted by molar-refractivity contribution is 7.99. The molecule has 0 amide bonds. The van der Waals surface area contributed by atoms with E-state index in [1.165, 1.54) is 11.1 Å². The normalized spacial score (nSPS) is 12.5. The summed E-state index contributed by atoms with van der Waals surface area (Å²) in [7, 11) is 0. The molecule has 3 heteroatoms. The lowest BCUT2D eigenvalue weighted by atomic mass is 10.1. The van der Waals surface area contributed by atoms with Gasteiger partial charge in [-0.2, -0.15) is 11.8 Å². The highest BCUT2D eigenvalue weighted by Crippen LogP contribution is 2.17. The molecule has 2 N–H and O–H groups in total. The van der Waals surface area contributed by atoms with E-state index in [4.69, 9.17) is 10.5 Å². The van der Waals surface area contributed by atoms with Gasteiger partial charge in [0.1, 0.15) is 5.75 Å². The van der Waals surface area contributed by atoms with E-state index < -0.39 is 0 Å². The maximum atomic E-state index is 5.74. The van der Waals surface area contributed by atoms with Crippen molar-refractivity contribution in [1.82, 2.24) is 0 Å². The number of thioether (sulfide) groups is 1. The van der Waals surface area contributed by atoms with Crippen LogP contribution in [-0.2, 0) is 0 Å². The second-order valence-corrected chi connectivity index (χ2v) is 5.98. The zero-order valence-electron chi connectivity index (χ0n) is 11.0. The molecule has 1 unspecified atom stereocenters. The molecule has 1 atom stereocenters. The number of hydrogen-bond donors (Lipinski definition) is 1. The van der Waals surface area contributed by atoms with Crippen molar-refractivity contribution in [2.24, 2.45) is 5.73 Å². The zero-order valence-corrected chi connectivity index (χ0v) is 11.8. The maximum absolute atomic E-state index is 5.74. The van der Waals surface area contributed by atoms with Gasteiger partial charge in [0.2, 0.25) is 0 Å². The number of ether oxygens (including phenoxy) is 1. The summed E-state index contributed by atoms with van der Waals surface area (Å²) in [5.41, 5.74) is 8.02. The Hall–Kier alpha value is -0.670. The van der Waals surface area contributed by atoms with Crippen molar-refractivity contribution in [2.45, 2.75) is 32.4 Å². The second-order valence-electron chi connectivity index (χ2n) is 4.43. The highest BCUT2D eigenvalue weighted by atomic mass is 32.2. The van der Waals surface area contributed by atoms with Crippen molar-refractivity contribution in [1.29, 1.82) is 0 Å². The fourth-order valence-corrected chi connectivity index (χ4v) is 2.63. The van der Waals surface area contributed by atoms with Crippen LogP contribution in [0.15, 0.2) is 18.2 Å². The van der Waals surface area contributed by atoms with Crippen molar-refractivity contribution in [3.63, 3.8) is 0 Å². The molecule has 2 nitrogen and oxygen atoms in total. The van der Waals surface area contributed by atoms with Crippen LogP contribution in [0.1, 0.15) is 24.5 Å². The van der Waals surface area contributed by atoms with Crippen LogP contribution < -0.4 is 10.5 Å². The Kier molecular flexibility index (Phi) is 6.45. The van der Waals surface area contributed by atoms with E-state index in [1.54, 1.807) is 0 Å². The predicted molar refractivity (Wildman–Crippen MR) is 77.0 cm³/mol. The minimum atomic E-state index is 0.628. The number of nitrogens with two attached hydrogens (primary N) is 1. The lowest BCUT2D eigenvalue weighted by Crippen LogP contribution is -2.09. The first-order chi connectivity index (χ1) is 8.11. The molecule has 96 valence electrons. The largest absolute Gasteiger partial charge is 0.493 e. The van der Waals surface area contributed by atoms with Gasteiger partial charge in [-0.1, -0.05) is 13.0 Å². The van der Waals surface area contributed by atoms with E-state index in [1.807, 2.05) is 11.8 Å². The molecule has 0 fully saturated rings. The first kappa shape index (κ1) is 14.4. The summed E-state index contributed by atoms with van der Waals surface area (Å²) < 4.78 is 5.74. The summed E-state index contributed by atoms with van der Waals surface area (Å²) in [5.74, 6) is 2.00. The first-order valence-corrected chi connectivity index (χ1v) is 7.19. The van der Waals surface area contributed by atoms with Crippen LogP contribution in [0.5, 0.6) is 5.75 Å². The maximum Gasteiger partial charge on any atom is 0.119 e. The van der Waals surface area contributed by atoms with E-state index in [0.29, 0.717) is 5.25 Å². The third-order valence-electron chi connectivity index (χ3n) is 2.52. The summed E-state index contributed by atoms with van der Waals surface area (Å²) >= 11 is 1.92. The molecule has 1 aromatic rings. The van der Waals surface area contributed by atoms with Crippen LogP contribution in [-0.4, -0.2) is 24.2 Å². The predicted octanol–water partition coefficient (Wildman–Crippen LogP) is 3.15. The van der Waals surface area contributed by atoms with Crippen molar-refractivity contribution in [3.8, 4) is 5.75 Å². The lowest BCUT2D eigenvalue weighted by molar-refractivity contribution is 0.343. The van der Waals surface area contributed by atoms with Gasteiger partial charge in [0, 0.05) is 11.0 Å². The molecule has 0 bridgehead atoms. The van der Waals surface area contributed by atoms with Crippen LogP contribution in [0, 0.1) is 13.8 Å². The van der Waals surface area contributed by atoms with Gasteiger partial charge in [0.05, 0.1) is 6.61 Å². The summed E-state index contributed by atoms with van der Waals surface area (Å²) in [5, 5.41) is 0.628. The van der Waals surface area contributed by atoms with Crippen molar-refractivity contribution in [3.05, 3.63) is 29.3 Å². The average Bonchev–Trinajstić information content (AvgIpc) is 2.23. The molecule has 1 aromatic carbocycles. The average molecular weight is 253 g/mol.